The fraction of sp³-hybridized carbons (Fsp3) is 0.545. The van der Waals surface area contributed by atoms with Crippen molar-refractivity contribution in [1.82, 2.24) is 24.6 Å². The third-order valence-corrected chi connectivity index (χ3v) is 7.87. The van der Waals surface area contributed by atoms with E-state index in [1.165, 1.54) is 5.69 Å². The zero-order chi connectivity index (χ0) is 21.3. The van der Waals surface area contributed by atoms with Crippen LogP contribution in [-0.2, 0) is 16.3 Å². The van der Waals surface area contributed by atoms with E-state index in [0.717, 1.165) is 26.0 Å². The number of halogens is 3. The Bertz CT molecular complexity index is 1220. The van der Waals surface area contributed by atoms with Gasteiger partial charge in [-0.2, -0.15) is 18.3 Å². The molecule has 3 saturated heterocycles. The molecule has 4 atom stereocenters. The number of ether oxygens (including phenoxy) is 1. The quantitative estimate of drug-likeness (QED) is 0.689. The van der Waals surface area contributed by atoms with Crippen LogP contribution in [0.15, 0.2) is 24.5 Å². The molecule has 6 nitrogen and oxygen atoms in total. The van der Waals surface area contributed by atoms with Crippen LogP contribution in [0.3, 0.4) is 0 Å². The van der Waals surface area contributed by atoms with Gasteiger partial charge in [0.05, 0.1) is 30.5 Å². The predicted octanol–water partition coefficient (Wildman–Crippen LogP) is 3.61. The van der Waals surface area contributed by atoms with Gasteiger partial charge in [-0.15, -0.1) is 0 Å². The van der Waals surface area contributed by atoms with Crippen molar-refractivity contribution >= 4 is 11.0 Å². The fourth-order valence-electron chi connectivity index (χ4n) is 6.27. The highest BCUT2D eigenvalue weighted by atomic mass is 19.4. The van der Waals surface area contributed by atoms with Crippen molar-refractivity contribution in [2.24, 2.45) is 11.8 Å². The molecular formula is C22H22F3N5O. The first kappa shape index (κ1) is 18.2. The second-order valence-electron chi connectivity index (χ2n) is 9.67. The largest absolute Gasteiger partial charge is 0.418 e. The fourth-order valence-corrected chi connectivity index (χ4v) is 6.27. The lowest BCUT2D eigenvalue weighted by atomic mass is 10.0. The average Bonchev–Trinajstić information content (AvgIpc) is 3.15. The van der Waals surface area contributed by atoms with Crippen molar-refractivity contribution in [1.29, 1.82) is 0 Å². The number of piperidine rings is 1. The van der Waals surface area contributed by atoms with Gasteiger partial charge in [0.2, 0.25) is 0 Å². The van der Waals surface area contributed by atoms with Crippen LogP contribution >= 0.6 is 0 Å². The number of alkyl halides is 3. The molecule has 9 heteroatoms. The monoisotopic (exact) mass is 429 g/mol. The van der Waals surface area contributed by atoms with E-state index in [0.29, 0.717) is 35.2 Å². The Hall–Kier alpha value is -2.39. The number of hydrogen-bond donors (Lipinski definition) is 1. The van der Waals surface area contributed by atoms with Crippen molar-refractivity contribution < 1.29 is 17.9 Å². The van der Waals surface area contributed by atoms with Crippen molar-refractivity contribution in [3.8, 4) is 11.3 Å². The summed E-state index contributed by atoms with van der Waals surface area (Å²) in [5.74, 6) is 1.36. The lowest BCUT2D eigenvalue weighted by Crippen LogP contribution is -2.48. The van der Waals surface area contributed by atoms with Crippen molar-refractivity contribution in [2.45, 2.75) is 43.6 Å². The summed E-state index contributed by atoms with van der Waals surface area (Å²) >= 11 is 0. The van der Waals surface area contributed by atoms with Crippen LogP contribution in [0, 0.1) is 11.8 Å². The summed E-state index contributed by atoms with van der Waals surface area (Å²) in [6.07, 6.45) is -1.84. The van der Waals surface area contributed by atoms with Gasteiger partial charge in [-0.05, 0) is 37.8 Å². The van der Waals surface area contributed by atoms with Gasteiger partial charge >= 0.3 is 6.18 Å². The van der Waals surface area contributed by atoms with Crippen LogP contribution in [0.5, 0.6) is 0 Å². The molecule has 0 aromatic carbocycles. The van der Waals surface area contributed by atoms with Gasteiger partial charge in [0.1, 0.15) is 5.65 Å². The van der Waals surface area contributed by atoms with E-state index in [-0.39, 0.29) is 22.5 Å². The second kappa shape index (κ2) is 5.50. The minimum absolute atomic E-state index is 0.0794. The van der Waals surface area contributed by atoms with Gasteiger partial charge in [0.15, 0.2) is 0 Å². The summed E-state index contributed by atoms with van der Waals surface area (Å²) in [6.45, 7) is 6.97. The zero-order valence-electron chi connectivity index (χ0n) is 17.1. The molecule has 3 aliphatic heterocycles. The van der Waals surface area contributed by atoms with Crippen LogP contribution < -0.4 is 0 Å². The number of nitrogens with zero attached hydrogens (tertiary/aromatic N) is 4. The number of aromatic nitrogens is 4. The molecule has 6 heterocycles. The van der Waals surface area contributed by atoms with Gasteiger partial charge < -0.3 is 9.72 Å². The molecule has 0 spiro atoms. The summed E-state index contributed by atoms with van der Waals surface area (Å²) in [5, 5.41) is 4.92. The third-order valence-electron chi connectivity index (χ3n) is 7.87. The average molecular weight is 429 g/mol. The van der Waals surface area contributed by atoms with Gasteiger partial charge in [0.25, 0.3) is 0 Å². The molecule has 31 heavy (non-hydrogen) atoms. The second-order valence-corrected chi connectivity index (χ2v) is 9.67. The minimum atomic E-state index is -4.43. The van der Waals surface area contributed by atoms with E-state index in [2.05, 4.69) is 39.5 Å². The Labute approximate surface area is 176 Å². The summed E-state index contributed by atoms with van der Waals surface area (Å²) in [4.78, 5) is 9.47. The number of rotatable bonds is 4. The summed E-state index contributed by atoms with van der Waals surface area (Å²) < 4.78 is 47.6. The Kier molecular flexibility index (Phi) is 3.23. The van der Waals surface area contributed by atoms with Crippen LogP contribution in [0.1, 0.15) is 31.1 Å². The molecule has 5 aliphatic rings. The molecular weight excluding hydrogens is 407 g/mol. The third kappa shape index (κ3) is 2.16. The standard InChI is InChI=1S/C22H22F3N5O/c1-10(2)30-17(21-15-7-29(12-8-31-9-12)19(21)18(15)21)4-16(28-30)11-3-13-14(22(23,24)25)6-27-20(13)26-5-11/h3-6,10,12,15,18-19H,7-9H2,1-2H3,(H,26,27)/t15-,18-,19?,21-/m1/s1. The van der Waals surface area contributed by atoms with Gasteiger partial charge in [-0.1, -0.05) is 0 Å². The first-order chi connectivity index (χ1) is 14.8. The van der Waals surface area contributed by atoms with E-state index in [9.17, 15) is 13.2 Å². The topological polar surface area (TPSA) is 59.0 Å². The SMILES string of the molecule is CC(C)n1nc(-c2cnc3[nH]cc(C(F)(F)F)c3c2)cc1[C@@]12C3[C@H]1[C@H]2CN3C1COC1. The summed E-state index contributed by atoms with van der Waals surface area (Å²) in [6, 6.07) is 4.93. The number of nitrogens with one attached hydrogen (secondary N) is 1. The molecule has 1 N–H and O–H groups in total. The maximum Gasteiger partial charge on any atom is 0.418 e. The summed E-state index contributed by atoms with van der Waals surface area (Å²) in [5.41, 5.74) is 2.25. The lowest BCUT2D eigenvalue weighted by Gasteiger charge is -2.34. The van der Waals surface area contributed by atoms with Gasteiger partial charge in [-0.25, -0.2) is 4.98 Å². The minimum Gasteiger partial charge on any atom is -0.378 e. The van der Waals surface area contributed by atoms with E-state index in [1.807, 2.05) is 0 Å². The van der Waals surface area contributed by atoms with Crippen molar-refractivity contribution in [3.05, 3.63) is 35.8 Å². The number of fused-ring (bicyclic) bond motifs is 2. The Morgan fingerprint density at radius 2 is 2.06 bits per heavy atom. The maximum absolute atomic E-state index is 13.4. The van der Waals surface area contributed by atoms with Crippen molar-refractivity contribution in [3.63, 3.8) is 0 Å². The Morgan fingerprint density at radius 1 is 1.26 bits per heavy atom. The number of hydrogen-bond acceptors (Lipinski definition) is 4. The van der Waals surface area contributed by atoms with E-state index < -0.39 is 11.7 Å². The van der Waals surface area contributed by atoms with Crippen molar-refractivity contribution in [2.75, 3.05) is 19.8 Å². The number of H-pyrrole nitrogens is 1. The number of aromatic amines is 1. The highest BCUT2D eigenvalue weighted by molar-refractivity contribution is 5.84. The van der Waals surface area contributed by atoms with E-state index >= 15 is 0 Å². The molecule has 3 aromatic heterocycles. The lowest BCUT2D eigenvalue weighted by molar-refractivity contribution is -0.136. The Morgan fingerprint density at radius 3 is 2.71 bits per heavy atom. The molecule has 8 rings (SSSR count). The molecule has 0 radical (unpaired) electrons. The molecule has 162 valence electrons. The molecule has 2 aliphatic carbocycles. The highest BCUT2D eigenvalue weighted by Gasteiger charge is 2.94. The Balaban J connectivity index is 1.29. The van der Waals surface area contributed by atoms with Gasteiger partial charge in [-0.3, -0.25) is 9.58 Å². The molecule has 2 bridgehead atoms. The maximum atomic E-state index is 13.4. The normalized spacial score (nSPS) is 32.0. The van der Waals surface area contributed by atoms with Crippen LogP contribution in [0.25, 0.3) is 22.3 Å². The van der Waals surface area contributed by atoms with E-state index in [1.54, 1.807) is 12.3 Å². The van der Waals surface area contributed by atoms with Crippen LogP contribution in [-0.4, -0.2) is 56.5 Å². The molecule has 0 amide bonds. The van der Waals surface area contributed by atoms with Crippen LogP contribution in [0.4, 0.5) is 13.2 Å². The molecule has 5 fully saturated rings. The molecule has 1 unspecified atom stereocenters. The number of pyridine rings is 1. The smallest absolute Gasteiger partial charge is 0.378 e. The molecule has 2 saturated carbocycles. The van der Waals surface area contributed by atoms with Gasteiger partial charge in [0, 0.05) is 53.1 Å². The summed E-state index contributed by atoms with van der Waals surface area (Å²) in [7, 11) is 0. The van der Waals surface area contributed by atoms with E-state index in [4.69, 9.17) is 9.84 Å². The first-order valence-electron chi connectivity index (χ1n) is 10.8. The molecule has 3 aromatic rings. The predicted molar refractivity (Wildman–Crippen MR) is 106 cm³/mol. The zero-order valence-corrected chi connectivity index (χ0v) is 17.1. The first-order valence-corrected chi connectivity index (χ1v) is 10.8. The highest BCUT2D eigenvalue weighted by Crippen LogP contribution is 2.86. The van der Waals surface area contributed by atoms with Crippen LogP contribution in [0.2, 0.25) is 0 Å².